The van der Waals surface area contributed by atoms with Gasteiger partial charge in [0.05, 0.1) is 11.8 Å². The van der Waals surface area contributed by atoms with E-state index in [0.717, 1.165) is 37.8 Å². The Morgan fingerprint density at radius 2 is 1.61 bits per heavy atom. The molecule has 2 aromatic carbocycles. The number of hydrogen-bond donors (Lipinski definition) is 0. The molecule has 150 valence electrons. The van der Waals surface area contributed by atoms with E-state index < -0.39 is 40.2 Å². The summed E-state index contributed by atoms with van der Waals surface area (Å²) < 4.78 is 79.5. The molecule has 1 aliphatic rings. The lowest BCUT2D eigenvalue weighted by Crippen LogP contribution is -2.23. The second-order valence-electron chi connectivity index (χ2n) is 6.65. The second-order valence-corrected chi connectivity index (χ2v) is 6.65. The maximum absolute atomic E-state index is 14.4. The van der Waals surface area contributed by atoms with Crippen molar-refractivity contribution in [3.8, 4) is 16.9 Å². The summed E-state index contributed by atoms with van der Waals surface area (Å²) in [5.74, 6) is -6.98. The lowest BCUT2D eigenvalue weighted by molar-refractivity contribution is 0.0690. The minimum atomic E-state index is -1.70. The maximum Gasteiger partial charge on any atom is 0.194 e. The van der Waals surface area contributed by atoms with E-state index in [1.165, 1.54) is 5.57 Å². The van der Waals surface area contributed by atoms with Gasteiger partial charge in [0.1, 0.15) is 30.1 Å². The van der Waals surface area contributed by atoms with Gasteiger partial charge in [-0.2, -0.15) is 0 Å². The monoisotopic (exact) mass is 398 g/mol. The van der Waals surface area contributed by atoms with Gasteiger partial charge in [0, 0.05) is 12.1 Å². The van der Waals surface area contributed by atoms with Crippen LogP contribution in [0.1, 0.15) is 32.6 Å². The quantitative estimate of drug-likeness (QED) is 0.421. The molecule has 0 aliphatic carbocycles. The molecule has 0 spiro atoms. The summed E-state index contributed by atoms with van der Waals surface area (Å²) in [5.41, 5.74) is 0.118. The largest absolute Gasteiger partial charge is 0.495 e. The average molecular weight is 398 g/mol. The number of rotatable bonds is 6. The molecular formula is C21H19F5O2. The van der Waals surface area contributed by atoms with E-state index in [1.54, 1.807) is 6.26 Å². The zero-order valence-electron chi connectivity index (χ0n) is 15.2. The van der Waals surface area contributed by atoms with E-state index in [-0.39, 0.29) is 18.5 Å². The summed E-state index contributed by atoms with van der Waals surface area (Å²) in [6, 6.07) is 2.91. The van der Waals surface area contributed by atoms with Crippen LogP contribution in [-0.2, 0) is 4.74 Å². The molecule has 0 radical (unpaired) electrons. The molecule has 0 bridgehead atoms. The van der Waals surface area contributed by atoms with Crippen LogP contribution >= 0.6 is 0 Å². The SMILES string of the molecule is CCCC1=COC(COc2cc(F)c(-c3cc(F)c(F)c(F)c3)c(F)c2)CC1. The van der Waals surface area contributed by atoms with Crippen molar-refractivity contribution >= 4 is 0 Å². The van der Waals surface area contributed by atoms with Gasteiger partial charge in [-0.3, -0.25) is 0 Å². The molecule has 28 heavy (non-hydrogen) atoms. The van der Waals surface area contributed by atoms with Crippen molar-refractivity contribution in [2.24, 2.45) is 0 Å². The molecule has 0 aromatic heterocycles. The molecule has 0 N–H and O–H groups in total. The highest BCUT2D eigenvalue weighted by molar-refractivity contribution is 5.66. The van der Waals surface area contributed by atoms with Crippen LogP contribution in [0.3, 0.4) is 0 Å². The van der Waals surface area contributed by atoms with Crippen LogP contribution in [0.5, 0.6) is 5.75 Å². The van der Waals surface area contributed by atoms with E-state index in [4.69, 9.17) is 9.47 Å². The van der Waals surface area contributed by atoms with Crippen molar-refractivity contribution in [2.45, 2.75) is 38.7 Å². The Labute approximate surface area is 159 Å². The first kappa shape index (κ1) is 20.2. The maximum atomic E-state index is 14.4. The van der Waals surface area contributed by atoms with Crippen molar-refractivity contribution in [1.82, 2.24) is 0 Å². The fourth-order valence-electron chi connectivity index (χ4n) is 3.09. The summed E-state index contributed by atoms with van der Waals surface area (Å²) in [4.78, 5) is 0. The lowest BCUT2D eigenvalue weighted by atomic mass is 10.0. The van der Waals surface area contributed by atoms with E-state index in [0.29, 0.717) is 12.1 Å². The van der Waals surface area contributed by atoms with Crippen LogP contribution in [0.2, 0.25) is 0 Å². The van der Waals surface area contributed by atoms with E-state index in [1.807, 2.05) is 0 Å². The molecular weight excluding hydrogens is 379 g/mol. The third-order valence-electron chi connectivity index (χ3n) is 4.51. The number of ether oxygens (including phenoxy) is 2. The van der Waals surface area contributed by atoms with Gasteiger partial charge in [0.15, 0.2) is 17.5 Å². The van der Waals surface area contributed by atoms with Gasteiger partial charge < -0.3 is 9.47 Å². The second kappa shape index (κ2) is 8.63. The molecule has 1 atom stereocenters. The molecule has 0 fully saturated rings. The molecule has 0 saturated carbocycles. The van der Waals surface area contributed by atoms with Gasteiger partial charge >= 0.3 is 0 Å². The molecule has 3 rings (SSSR count). The highest BCUT2D eigenvalue weighted by Crippen LogP contribution is 2.32. The van der Waals surface area contributed by atoms with Crippen LogP contribution in [0.15, 0.2) is 36.1 Å². The summed E-state index contributed by atoms with van der Waals surface area (Å²) in [6.45, 7) is 2.19. The molecule has 1 heterocycles. The van der Waals surface area contributed by atoms with Crippen molar-refractivity contribution in [3.05, 3.63) is 65.2 Å². The first-order chi connectivity index (χ1) is 13.4. The van der Waals surface area contributed by atoms with Gasteiger partial charge in [0.2, 0.25) is 0 Å². The highest BCUT2D eigenvalue weighted by atomic mass is 19.2. The predicted octanol–water partition coefficient (Wildman–Crippen LogP) is 6.29. The molecule has 2 aromatic rings. The first-order valence-electron chi connectivity index (χ1n) is 8.99. The number of allylic oxidation sites excluding steroid dienone is 1. The summed E-state index contributed by atoms with van der Waals surface area (Å²) in [5, 5.41) is 0. The van der Waals surface area contributed by atoms with Crippen LogP contribution in [0, 0.1) is 29.1 Å². The highest BCUT2D eigenvalue weighted by Gasteiger charge is 2.20. The van der Waals surface area contributed by atoms with Gasteiger partial charge in [-0.1, -0.05) is 13.3 Å². The zero-order chi connectivity index (χ0) is 20.3. The summed E-state index contributed by atoms with van der Waals surface area (Å²) in [6.07, 6.45) is 5.10. The smallest absolute Gasteiger partial charge is 0.194 e. The van der Waals surface area contributed by atoms with Gasteiger partial charge in [-0.05, 0) is 42.5 Å². The Morgan fingerprint density at radius 1 is 0.964 bits per heavy atom. The Morgan fingerprint density at radius 3 is 2.14 bits per heavy atom. The molecule has 0 amide bonds. The number of hydrogen-bond acceptors (Lipinski definition) is 2. The predicted molar refractivity (Wildman–Crippen MR) is 94.3 cm³/mol. The lowest BCUT2D eigenvalue weighted by Gasteiger charge is -2.23. The summed E-state index contributed by atoms with van der Waals surface area (Å²) >= 11 is 0. The Balaban J connectivity index is 1.72. The van der Waals surface area contributed by atoms with E-state index in [9.17, 15) is 22.0 Å². The first-order valence-corrected chi connectivity index (χ1v) is 8.99. The molecule has 0 saturated heterocycles. The normalized spacial score (nSPS) is 16.5. The van der Waals surface area contributed by atoms with Gasteiger partial charge in [0.25, 0.3) is 0 Å². The van der Waals surface area contributed by atoms with E-state index >= 15 is 0 Å². The van der Waals surface area contributed by atoms with Crippen LogP contribution in [-0.4, -0.2) is 12.7 Å². The standard InChI is InChI=1S/C21H19F5O2/c1-2-3-12-4-5-14(27-10-12)11-28-15-8-16(22)20(17(23)9-15)13-6-18(24)21(26)19(25)7-13/h6-10,14H,2-5,11H2,1H3. The third kappa shape index (κ3) is 4.46. The Bertz CT molecular complexity index is 848. The van der Waals surface area contributed by atoms with Crippen LogP contribution in [0.4, 0.5) is 22.0 Å². The van der Waals surface area contributed by atoms with Crippen LogP contribution in [0.25, 0.3) is 11.1 Å². The number of halogens is 5. The van der Waals surface area contributed by atoms with Crippen LogP contribution < -0.4 is 4.74 Å². The zero-order valence-corrected chi connectivity index (χ0v) is 15.2. The number of benzene rings is 2. The minimum absolute atomic E-state index is 0.0752. The van der Waals surface area contributed by atoms with Crippen molar-refractivity contribution < 1.29 is 31.4 Å². The Hall–Kier alpha value is -2.57. The van der Waals surface area contributed by atoms with E-state index in [2.05, 4.69) is 6.92 Å². The van der Waals surface area contributed by atoms with Crippen molar-refractivity contribution in [1.29, 1.82) is 0 Å². The van der Waals surface area contributed by atoms with Crippen molar-refractivity contribution in [3.63, 3.8) is 0 Å². The Kier molecular flexibility index (Phi) is 6.21. The summed E-state index contributed by atoms with van der Waals surface area (Å²) in [7, 11) is 0. The average Bonchev–Trinajstić information content (AvgIpc) is 2.65. The molecule has 2 nitrogen and oxygen atoms in total. The fourth-order valence-corrected chi connectivity index (χ4v) is 3.09. The third-order valence-corrected chi connectivity index (χ3v) is 4.51. The molecule has 7 heteroatoms. The molecule has 1 unspecified atom stereocenters. The topological polar surface area (TPSA) is 18.5 Å². The minimum Gasteiger partial charge on any atom is -0.495 e. The van der Waals surface area contributed by atoms with Gasteiger partial charge in [-0.25, -0.2) is 22.0 Å². The van der Waals surface area contributed by atoms with Gasteiger partial charge in [-0.15, -0.1) is 0 Å². The van der Waals surface area contributed by atoms with Crippen molar-refractivity contribution in [2.75, 3.05) is 6.61 Å². The fraction of sp³-hybridized carbons (Fsp3) is 0.333. The molecule has 1 aliphatic heterocycles.